The quantitative estimate of drug-likeness (QED) is 0.268. The first-order chi connectivity index (χ1) is 12.0. The van der Waals surface area contributed by atoms with Gasteiger partial charge in [-0.15, -0.1) is 12.3 Å². The highest BCUT2D eigenvalue weighted by molar-refractivity contribution is 6.30. The molecular weight excluding hydrogens is 340 g/mol. The van der Waals surface area contributed by atoms with Gasteiger partial charge < -0.3 is 9.94 Å². The number of ether oxygens (including phenoxy) is 1. The van der Waals surface area contributed by atoms with Gasteiger partial charge in [-0.1, -0.05) is 30.6 Å². The number of oxime groups is 1. The second-order valence-electron chi connectivity index (χ2n) is 6.30. The third-order valence-corrected chi connectivity index (χ3v) is 4.41. The molecule has 1 unspecified atom stereocenters. The molecule has 1 N–H and O–H groups in total. The van der Waals surface area contributed by atoms with E-state index in [1.807, 2.05) is 12.1 Å². The number of aromatic nitrogens is 3. The van der Waals surface area contributed by atoms with E-state index in [4.69, 9.17) is 22.8 Å². The van der Waals surface area contributed by atoms with Gasteiger partial charge >= 0.3 is 0 Å². The molecule has 2 aromatic rings. The van der Waals surface area contributed by atoms with Crippen LogP contribution in [-0.2, 0) is 0 Å². The average Bonchev–Trinajstić information content (AvgIpc) is 3.11. The van der Waals surface area contributed by atoms with Crippen LogP contribution in [0.5, 0.6) is 5.75 Å². The molecule has 132 valence electrons. The Kier molecular flexibility index (Phi) is 6.43. The molecule has 0 aliphatic rings. The monoisotopic (exact) mass is 360 g/mol. The predicted octanol–water partition coefficient (Wildman–Crippen LogP) is 3.70. The summed E-state index contributed by atoms with van der Waals surface area (Å²) >= 11 is 5.87. The van der Waals surface area contributed by atoms with Crippen molar-refractivity contribution < 1.29 is 9.94 Å². The Morgan fingerprint density at radius 2 is 2.16 bits per heavy atom. The summed E-state index contributed by atoms with van der Waals surface area (Å²) in [5.74, 6) is 3.56. The Labute approximate surface area is 152 Å². The number of terminal acetylenes is 1. The highest BCUT2D eigenvalue weighted by Gasteiger charge is 2.34. The lowest BCUT2D eigenvalue weighted by atomic mass is 9.74. The SMILES string of the molecule is C#CCC(C(=NO)n1cncn1)C(C)(C)CCOc1ccc(Cl)cc1. The molecule has 2 rings (SSSR count). The van der Waals surface area contributed by atoms with E-state index in [2.05, 4.69) is 35.0 Å². The lowest BCUT2D eigenvalue weighted by Gasteiger charge is -2.33. The van der Waals surface area contributed by atoms with Crippen molar-refractivity contribution in [3.8, 4) is 18.1 Å². The van der Waals surface area contributed by atoms with E-state index in [1.54, 1.807) is 12.1 Å². The standard InChI is InChI=1S/C18H21ClN4O2/c1-4-5-16(17(22-24)23-13-20-12-21-23)18(2,3)10-11-25-15-8-6-14(19)7-9-15/h1,6-9,12-13,16,24H,5,10-11H2,2-3H3. The Morgan fingerprint density at radius 1 is 1.44 bits per heavy atom. The van der Waals surface area contributed by atoms with Crippen LogP contribution >= 0.6 is 11.6 Å². The fraction of sp³-hybridized carbons (Fsp3) is 0.389. The molecule has 0 radical (unpaired) electrons. The zero-order valence-electron chi connectivity index (χ0n) is 14.3. The van der Waals surface area contributed by atoms with E-state index in [1.165, 1.54) is 17.3 Å². The third-order valence-electron chi connectivity index (χ3n) is 4.16. The smallest absolute Gasteiger partial charge is 0.175 e. The number of hydrogen-bond donors (Lipinski definition) is 1. The minimum absolute atomic E-state index is 0.210. The van der Waals surface area contributed by atoms with E-state index < -0.39 is 0 Å². The zero-order chi connectivity index (χ0) is 18.3. The van der Waals surface area contributed by atoms with Crippen molar-refractivity contribution in [2.45, 2.75) is 26.7 Å². The largest absolute Gasteiger partial charge is 0.494 e. The van der Waals surface area contributed by atoms with Crippen LogP contribution < -0.4 is 4.74 Å². The molecule has 0 saturated carbocycles. The van der Waals surface area contributed by atoms with E-state index in [0.717, 1.165) is 5.75 Å². The summed E-state index contributed by atoms with van der Waals surface area (Å²) in [6, 6.07) is 7.21. The van der Waals surface area contributed by atoms with Crippen LogP contribution in [-0.4, -0.2) is 32.4 Å². The fourth-order valence-electron chi connectivity index (χ4n) is 2.57. The summed E-state index contributed by atoms with van der Waals surface area (Å²) in [5, 5.41) is 17.6. The van der Waals surface area contributed by atoms with Crippen molar-refractivity contribution in [1.29, 1.82) is 0 Å². The van der Waals surface area contributed by atoms with Crippen molar-refractivity contribution in [2.24, 2.45) is 16.5 Å². The summed E-state index contributed by atoms with van der Waals surface area (Å²) in [4.78, 5) is 3.90. The van der Waals surface area contributed by atoms with E-state index in [9.17, 15) is 5.21 Å². The predicted molar refractivity (Wildman–Crippen MR) is 96.9 cm³/mol. The molecule has 0 bridgehead atoms. The first-order valence-electron chi connectivity index (χ1n) is 7.86. The van der Waals surface area contributed by atoms with Crippen molar-refractivity contribution in [2.75, 3.05) is 6.61 Å². The van der Waals surface area contributed by atoms with Crippen LogP contribution in [0.1, 0.15) is 26.7 Å². The number of hydrogen-bond acceptors (Lipinski definition) is 5. The lowest BCUT2D eigenvalue weighted by molar-refractivity contribution is 0.185. The first-order valence-corrected chi connectivity index (χ1v) is 8.24. The van der Waals surface area contributed by atoms with Crippen molar-refractivity contribution in [3.05, 3.63) is 41.9 Å². The fourth-order valence-corrected chi connectivity index (χ4v) is 2.70. The van der Waals surface area contributed by atoms with Gasteiger partial charge in [0.1, 0.15) is 18.4 Å². The van der Waals surface area contributed by atoms with E-state index in [0.29, 0.717) is 30.3 Å². The molecule has 1 aromatic carbocycles. The van der Waals surface area contributed by atoms with Gasteiger partial charge in [-0.25, -0.2) is 9.67 Å². The molecule has 7 heteroatoms. The number of nitrogens with zero attached hydrogens (tertiary/aromatic N) is 4. The topological polar surface area (TPSA) is 72.5 Å². The van der Waals surface area contributed by atoms with Crippen LogP contribution in [0.25, 0.3) is 0 Å². The minimum atomic E-state index is -0.285. The van der Waals surface area contributed by atoms with Crippen LogP contribution in [0.3, 0.4) is 0 Å². The van der Waals surface area contributed by atoms with Gasteiger partial charge in [0.2, 0.25) is 0 Å². The zero-order valence-corrected chi connectivity index (χ0v) is 15.0. The molecule has 0 spiro atoms. The van der Waals surface area contributed by atoms with Gasteiger partial charge in [0, 0.05) is 17.4 Å². The maximum Gasteiger partial charge on any atom is 0.175 e. The minimum Gasteiger partial charge on any atom is -0.494 e. The Bertz CT molecular complexity index is 733. The Hall–Kier alpha value is -2.52. The summed E-state index contributed by atoms with van der Waals surface area (Å²) < 4.78 is 7.22. The molecule has 1 aromatic heterocycles. The van der Waals surface area contributed by atoms with E-state index >= 15 is 0 Å². The van der Waals surface area contributed by atoms with Crippen molar-refractivity contribution in [1.82, 2.24) is 14.8 Å². The molecule has 0 fully saturated rings. The second kappa shape index (κ2) is 8.54. The van der Waals surface area contributed by atoms with Crippen molar-refractivity contribution in [3.63, 3.8) is 0 Å². The third kappa shape index (κ3) is 4.97. The normalized spacial score (nSPS) is 13.3. The summed E-state index contributed by atoms with van der Waals surface area (Å²) in [6.45, 7) is 4.61. The Balaban J connectivity index is 2.07. The highest BCUT2D eigenvalue weighted by atomic mass is 35.5. The molecular formula is C18H21ClN4O2. The van der Waals surface area contributed by atoms with Gasteiger partial charge in [-0.3, -0.25) is 0 Å². The lowest BCUT2D eigenvalue weighted by Crippen LogP contribution is -2.36. The van der Waals surface area contributed by atoms with Crippen LogP contribution in [0.2, 0.25) is 5.02 Å². The number of halogens is 1. The second-order valence-corrected chi connectivity index (χ2v) is 6.74. The van der Waals surface area contributed by atoms with Gasteiger partial charge in [0.25, 0.3) is 0 Å². The molecule has 0 aliphatic carbocycles. The molecule has 1 heterocycles. The molecule has 0 saturated heterocycles. The Morgan fingerprint density at radius 3 is 2.72 bits per heavy atom. The maximum absolute atomic E-state index is 9.47. The van der Waals surface area contributed by atoms with Crippen LogP contribution in [0.15, 0.2) is 42.1 Å². The molecule has 0 amide bonds. The number of rotatable bonds is 7. The molecule has 0 aliphatic heterocycles. The van der Waals surface area contributed by atoms with Crippen LogP contribution in [0.4, 0.5) is 0 Å². The van der Waals surface area contributed by atoms with Gasteiger partial charge in [-0.05, 0) is 36.1 Å². The summed E-state index contributed by atoms with van der Waals surface area (Å²) in [7, 11) is 0. The maximum atomic E-state index is 9.47. The number of benzene rings is 1. The van der Waals surface area contributed by atoms with Gasteiger partial charge in [0.05, 0.1) is 6.61 Å². The highest BCUT2D eigenvalue weighted by Crippen LogP contribution is 2.34. The molecule has 1 atom stereocenters. The molecule has 6 nitrogen and oxygen atoms in total. The van der Waals surface area contributed by atoms with Gasteiger partial charge in [0.15, 0.2) is 5.84 Å². The summed E-state index contributed by atoms with van der Waals surface area (Å²) in [5.41, 5.74) is -0.285. The van der Waals surface area contributed by atoms with Crippen molar-refractivity contribution >= 4 is 17.4 Å². The van der Waals surface area contributed by atoms with Gasteiger partial charge in [-0.2, -0.15) is 5.10 Å². The van der Waals surface area contributed by atoms with E-state index in [-0.39, 0.29) is 11.3 Å². The summed E-state index contributed by atoms with van der Waals surface area (Å²) in [6.07, 6.45) is 9.51. The first kappa shape index (κ1) is 18.8. The molecule has 25 heavy (non-hydrogen) atoms. The van der Waals surface area contributed by atoms with Crippen LogP contribution in [0, 0.1) is 23.7 Å². The average molecular weight is 361 g/mol.